The lowest BCUT2D eigenvalue weighted by Crippen LogP contribution is -2.30. The molecular formula is C55H98O6. The van der Waals surface area contributed by atoms with Crippen molar-refractivity contribution in [3.05, 3.63) is 48.6 Å². The van der Waals surface area contributed by atoms with Crippen molar-refractivity contribution in [2.45, 2.75) is 271 Å². The van der Waals surface area contributed by atoms with Crippen LogP contribution in [-0.4, -0.2) is 37.2 Å². The Balaban J connectivity index is 4.25. The number of carbonyl (C=O) groups is 3. The average molecular weight is 855 g/mol. The summed E-state index contributed by atoms with van der Waals surface area (Å²) in [5.41, 5.74) is 0. The van der Waals surface area contributed by atoms with Crippen molar-refractivity contribution in [3.63, 3.8) is 0 Å². The van der Waals surface area contributed by atoms with Crippen molar-refractivity contribution in [2.75, 3.05) is 13.2 Å². The van der Waals surface area contributed by atoms with Crippen molar-refractivity contribution >= 4 is 17.9 Å². The fourth-order valence-electron chi connectivity index (χ4n) is 7.33. The van der Waals surface area contributed by atoms with E-state index in [-0.39, 0.29) is 31.1 Å². The van der Waals surface area contributed by atoms with E-state index in [1.807, 2.05) is 0 Å². The van der Waals surface area contributed by atoms with Gasteiger partial charge in [-0.25, -0.2) is 0 Å². The molecule has 0 bridgehead atoms. The Labute approximate surface area is 378 Å². The highest BCUT2D eigenvalue weighted by Crippen LogP contribution is 2.15. The highest BCUT2D eigenvalue weighted by Gasteiger charge is 2.19. The van der Waals surface area contributed by atoms with Crippen LogP contribution in [0.3, 0.4) is 0 Å². The maximum absolute atomic E-state index is 12.8. The molecule has 0 fully saturated rings. The van der Waals surface area contributed by atoms with Gasteiger partial charge in [0, 0.05) is 19.3 Å². The lowest BCUT2D eigenvalue weighted by Gasteiger charge is -2.18. The second-order valence-corrected chi connectivity index (χ2v) is 17.4. The van der Waals surface area contributed by atoms with Crippen LogP contribution >= 0.6 is 0 Å². The Bertz CT molecular complexity index is 1070. The van der Waals surface area contributed by atoms with E-state index in [2.05, 4.69) is 69.4 Å². The summed E-state index contributed by atoms with van der Waals surface area (Å²) < 4.78 is 16.7. The molecule has 0 saturated carbocycles. The zero-order valence-electron chi connectivity index (χ0n) is 40.4. The van der Waals surface area contributed by atoms with E-state index in [0.29, 0.717) is 19.3 Å². The lowest BCUT2D eigenvalue weighted by atomic mass is 10.1. The molecule has 61 heavy (non-hydrogen) atoms. The summed E-state index contributed by atoms with van der Waals surface area (Å²) >= 11 is 0. The molecule has 6 nitrogen and oxygen atoms in total. The minimum atomic E-state index is -0.774. The minimum absolute atomic E-state index is 0.0765. The molecule has 1 unspecified atom stereocenters. The van der Waals surface area contributed by atoms with Gasteiger partial charge in [-0.3, -0.25) is 14.4 Å². The number of carbonyl (C=O) groups excluding carboxylic acids is 3. The first-order valence-corrected chi connectivity index (χ1v) is 26.1. The first-order chi connectivity index (χ1) is 30.0. The third kappa shape index (κ3) is 48.3. The van der Waals surface area contributed by atoms with Gasteiger partial charge in [0.05, 0.1) is 0 Å². The van der Waals surface area contributed by atoms with Gasteiger partial charge in [0.2, 0.25) is 0 Å². The van der Waals surface area contributed by atoms with E-state index in [9.17, 15) is 14.4 Å². The van der Waals surface area contributed by atoms with Crippen LogP contribution in [0.2, 0.25) is 0 Å². The molecule has 6 heteroatoms. The van der Waals surface area contributed by atoms with Crippen LogP contribution in [-0.2, 0) is 28.6 Å². The summed E-state index contributed by atoms with van der Waals surface area (Å²) in [5, 5.41) is 0. The van der Waals surface area contributed by atoms with E-state index in [4.69, 9.17) is 14.2 Å². The minimum Gasteiger partial charge on any atom is -0.462 e. The molecule has 0 amide bonds. The van der Waals surface area contributed by atoms with Crippen LogP contribution in [0.5, 0.6) is 0 Å². The summed E-state index contributed by atoms with van der Waals surface area (Å²) in [6, 6.07) is 0. The number of unbranched alkanes of at least 4 members (excludes halogenated alkanes) is 28. The van der Waals surface area contributed by atoms with Gasteiger partial charge in [0.1, 0.15) is 13.2 Å². The van der Waals surface area contributed by atoms with E-state index in [1.54, 1.807) is 0 Å². The second-order valence-electron chi connectivity index (χ2n) is 17.4. The smallest absolute Gasteiger partial charge is 0.306 e. The Hall–Kier alpha value is -2.63. The van der Waals surface area contributed by atoms with Crippen molar-refractivity contribution in [1.29, 1.82) is 0 Å². The monoisotopic (exact) mass is 855 g/mol. The van der Waals surface area contributed by atoms with Crippen LogP contribution < -0.4 is 0 Å². The van der Waals surface area contributed by atoms with E-state index >= 15 is 0 Å². The van der Waals surface area contributed by atoms with Crippen molar-refractivity contribution in [3.8, 4) is 0 Å². The highest BCUT2D eigenvalue weighted by molar-refractivity contribution is 5.71. The average Bonchev–Trinajstić information content (AvgIpc) is 3.26. The van der Waals surface area contributed by atoms with Crippen LogP contribution in [0.15, 0.2) is 48.6 Å². The topological polar surface area (TPSA) is 78.9 Å². The molecule has 0 rings (SSSR count). The molecular weight excluding hydrogens is 757 g/mol. The van der Waals surface area contributed by atoms with Crippen LogP contribution in [0.4, 0.5) is 0 Å². The zero-order valence-corrected chi connectivity index (χ0v) is 40.4. The van der Waals surface area contributed by atoms with Gasteiger partial charge in [-0.2, -0.15) is 0 Å². The summed E-state index contributed by atoms with van der Waals surface area (Å²) in [4.78, 5) is 37.8. The first kappa shape index (κ1) is 58.4. The van der Waals surface area contributed by atoms with Gasteiger partial charge in [-0.15, -0.1) is 0 Å². The Morgan fingerprint density at radius 1 is 0.328 bits per heavy atom. The maximum atomic E-state index is 12.8. The number of esters is 3. The molecule has 0 heterocycles. The molecule has 1 atom stereocenters. The molecule has 0 aliphatic rings. The number of allylic oxidation sites excluding steroid dienone is 8. The predicted octanol–water partition coefficient (Wildman–Crippen LogP) is 17.1. The van der Waals surface area contributed by atoms with E-state index < -0.39 is 6.10 Å². The van der Waals surface area contributed by atoms with Crippen LogP contribution in [0.25, 0.3) is 0 Å². The molecule has 0 aromatic carbocycles. The number of hydrogen-bond acceptors (Lipinski definition) is 6. The molecule has 0 aliphatic carbocycles. The molecule has 0 saturated heterocycles. The number of ether oxygens (including phenoxy) is 3. The van der Waals surface area contributed by atoms with Gasteiger partial charge >= 0.3 is 17.9 Å². The molecule has 0 radical (unpaired) electrons. The quantitative estimate of drug-likeness (QED) is 0.0263. The summed E-state index contributed by atoms with van der Waals surface area (Å²) in [7, 11) is 0. The van der Waals surface area contributed by atoms with E-state index in [0.717, 1.165) is 77.0 Å². The first-order valence-electron chi connectivity index (χ1n) is 26.1. The molecule has 0 aliphatic heterocycles. The fraction of sp³-hybridized carbons (Fsp3) is 0.800. The number of rotatable bonds is 47. The third-order valence-electron chi connectivity index (χ3n) is 11.3. The van der Waals surface area contributed by atoms with Crippen molar-refractivity contribution in [1.82, 2.24) is 0 Å². The SMILES string of the molecule is CCCCC/C=C\C/C=C\CCCCCCCCCCCC(=O)OCC(COC(=O)CCCCCCCCC)OC(=O)CCCCCCCCC/C=C\C/C=C\CCCCC. The third-order valence-corrected chi connectivity index (χ3v) is 11.3. The summed E-state index contributed by atoms with van der Waals surface area (Å²) in [6.07, 6.45) is 59.6. The Kier molecular flexibility index (Phi) is 47.9. The fourth-order valence-corrected chi connectivity index (χ4v) is 7.33. The normalized spacial score (nSPS) is 12.4. The van der Waals surface area contributed by atoms with Crippen LogP contribution in [0.1, 0.15) is 265 Å². The number of hydrogen-bond donors (Lipinski definition) is 0. The van der Waals surface area contributed by atoms with Crippen molar-refractivity contribution < 1.29 is 28.6 Å². The van der Waals surface area contributed by atoms with Gasteiger partial charge in [-0.1, -0.05) is 211 Å². The molecule has 354 valence electrons. The summed E-state index contributed by atoms with van der Waals surface area (Å²) in [5.74, 6) is -0.889. The summed E-state index contributed by atoms with van der Waals surface area (Å²) in [6.45, 7) is 6.55. The lowest BCUT2D eigenvalue weighted by molar-refractivity contribution is -0.167. The highest BCUT2D eigenvalue weighted by atomic mass is 16.6. The van der Waals surface area contributed by atoms with E-state index in [1.165, 1.54) is 148 Å². The largest absolute Gasteiger partial charge is 0.462 e. The molecule has 0 aromatic heterocycles. The molecule has 0 aromatic rings. The standard InChI is InChI=1S/C55H98O6/c1-4-7-10-13-16-18-20-22-24-26-27-29-30-32-34-36-39-42-45-48-54(57)60-51-52(50-59-53(56)47-44-41-38-15-12-9-6-3)61-55(58)49-46-43-40-37-35-33-31-28-25-23-21-19-17-14-11-8-5-2/h16-19,22-25,52H,4-15,20-21,26-51H2,1-3H3/b18-16-,19-17-,24-22-,25-23-. The van der Waals surface area contributed by atoms with Gasteiger partial charge in [-0.05, 0) is 83.5 Å². The Morgan fingerprint density at radius 3 is 0.934 bits per heavy atom. The zero-order chi connectivity index (χ0) is 44.4. The van der Waals surface area contributed by atoms with Gasteiger partial charge in [0.15, 0.2) is 6.10 Å². The maximum Gasteiger partial charge on any atom is 0.306 e. The van der Waals surface area contributed by atoms with Gasteiger partial charge < -0.3 is 14.2 Å². The molecule has 0 spiro atoms. The second kappa shape index (κ2) is 50.0. The molecule has 0 N–H and O–H groups in total. The Morgan fingerprint density at radius 2 is 0.590 bits per heavy atom. The van der Waals surface area contributed by atoms with Crippen LogP contribution in [0, 0.1) is 0 Å². The predicted molar refractivity (Wildman–Crippen MR) is 261 cm³/mol. The van der Waals surface area contributed by atoms with Crippen molar-refractivity contribution in [2.24, 2.45) is 0 Å². The van der Waals surface area contributed by atoms with Gasteiger partial charge in [0.25, 0.3) is 0 Å².